The van der Waals surface area contributed by atoms with E-state index in [2.05, 4.69) is 15.5 Å². The van der Waals surface area contributed by atoms with Gasteiger partial charge in [0.2, 0.25) is 0 Å². The summed E-state index contributed by atoms with van der Waals surface area (Å²) in [6.07, 6.45) is 2.14. The molecule has 1 aliphatic rings. The summed E-state index contributed by atoms with van der Waals surface area (Å²) in [5.74, 6) is 0.100. The number of hydrogen-bond acceptors (Lipinski definition) is 5. The number of benzene rings is 1. The number of hydrogen-bond donors (Lipinski definition) is 1. The van der Waals surface area contributed by atoms with Gasteiger partial charge in [-0.3, -0.25) is 0 Å². The molecular weight excluding hydrogens is 249 g/mol. The maximum atomic E-state index is 13.3. The van der Waals surface area contributed by atoms with Crippen LogP contribution in [0.4, 0.5) is 10.1 Å². The van der Waals surface area contributed by atoms with Gasteiger partial charge in [-0.2, -0.15) is 0 Å². The fraction of sp³-hybridized carbons (Fsp3) is 0.417. The highest BCUT2D eigenvalue weighted by Gasteiger charge is 2.20. The highest BCUT2D eigenvalue weighted by atomic mass is 19.1. The van der Waals surface area contributed by atoms with Crippen LogP contribution in [-0.4, -0.2) is 32.9 Å². The van der Waals surface area contributed by atoms with Crippen LogP contribution >= 0.6 is 0 Å². The van der Waals surface area contributed by atoms with E-state index < -0.39 is 0 Å². The van der Waals surface area contributed by atoms with Gasteiger partial charge in [0.1, 0.15) is 5.82 Å². The number of ether oxygens (including phenoxy) is 1. The van der Waals surface area contributed by atoms with Gasteiger partial charge in [-0.05, 0) is 41.5 Å². The molecule has 3 rings (SSSR count). The molecule has 1 aromatic heterocycles. The average Bonchev–Trinajstić information content (AvgIpc) is 3.04. The lowest BCUT2D eigenvalue weighted by Gasteiger charge is -2.11. The van der Waals surface area contributed by atoms with Gasteiger partial charge in [-0.25, -0.2) is 9.07 Å². The van der Waals surface area contributed by atoms with Crippen molar-refractivity contribution in [3.63, 3.8) is 0 Å². The van der Waals surface area contributed by atoms with E-state index in [0.717, 1.165) is 19.4 Å². The first-order valence-corrected chi connectivity index (χ1v) is 6.17. The zero-order valence-corrected chi connectivity index (χ0v) is 10.3. The first-order chi connectivity index (χ1) is 9.24. The molecule has 1 aromatic carbocycles. The third-order valence-corrected chi connectivity index (χ3v) is 3.19. The first kappa shape index (κ1) is 12.0. The minimum atomic E-state index is -0.365. The van der Waals surface area contributed by atoms with Gasteiger partial charge in [0.05, 0.1) is 12.6 Å². The summed E-state index contributed by atoms with van der Waals surface area (Å²) in [6, 6.07) is 4.16. The van der Waals surface area contributed by atoms with Crippen LogP contribution in [0, 0.1) is 5.82 Å². The summed E-state index contributed by atoms with van der Waals surface area (Å²) in [5, 5.41) is 11.5. The molecule has 0 saturated carbocycles. The SMILES string of the molecule is Nc1ccc(F)cc1-c1nnnn1CC1CCCO1. The molecule has 2 heterocycles. The number of nitrogens with two attached hydrogens (primary N) is 1. The lowest BCUT2D eigenvalue weighted by molar-refractivity contribution is 0.0939. The number of halogens is 1. The van der Waals surface area contributed by atoms with E-state index in [-0.39, 0.29) is 11.9 Å². The van der Waals surface area contributed by atoms with Crippen molar-refractivity contribution in [1.29, 1.82) is 0 Å². The minimum absolute atomic E-state index is 0.108. The molecule has 19 heavy (non-hydrogen) atoms. The zero-order valence-electron chi connectivity index (χ0n) is 10.3. The molecule has 1 fully saturated rings. The third kappa shape index (κ3) is 2.41. The van der Waals surface area contributed by atoms with Gasteiger partial charge in [0.15, 0.2) is 5.82 Å². The van der Waals surface area contributed by atoms with Gasteiger partial charge in [0, 0.05) is 17.9 Å². The Morgan fingerprint density at radius 2 is 2.37 bits per heavy atom. The maximum absolute atomic E-state index is 13.3. The lowest BCUT2D eigenvalue weighted by atomic mass is 10.1. The van der Waals surface area contributed by atoms with Crippen LogP contribution in [0.1, 0.15) is 12.8 Å². The van der Waals surface area contributed by atoms with Crippen molar-refractivity contribution in [3.8, 4) is 11.4 Å². The van der Waals surface area contributed by atoms with Crippen molar-refractivity contribution >= 4 is 5.69 Å². The van der Waals surface area contributed by atoms with Crippen LogP contribution in [0.5, 0.6) is 0 Å². The molecule has 2 aromatic rings. The van der Waals surface area contributed by atoms with E-state index in [1.807, 2.05) is 0 Å². The van der Waals surface area contributed by atoms with Crippen molar-refractivity contribution < 1.29 is 9.13 Å². The Hall–Kier alpha value is -2.02. The van der Waals surface area contributed by atoms with Gasteiger partial charge in [0.25, 0.3) is 0 Å². The molecule has 6 nitrogen and oxygen atoms in total. The largest absolute Gasteiger partial charge is 0.398 e. The Balaban J connectivity index is 1.92. The molecule has 0 amide bonds. The van der Waals surface area contributed by atoms with Crippen LogP contribution in [0.15, 0.2) is 18.2 Å². The zero-order chi connectivity index (χ0) is 13.2. The summed E-state index contributed by atoms with van der Waals surface area (Å²) in [7, 11) is 0. The Bertz CT molecular complexity index is 579. The van der Waals surface area contributed by atoms with Crippen LogP contribution in [0.3, 0.4) is 0 Å². The monoisotopic (exact) mass is 263 g/mol. The summed E-state index contributed by atoms with van der Waals surface area (Å²) < 4.78 is 20.5. The average molecular weight is 263 g/mol. The number of rotatable bonds is 3. The standard InChI is InChI=1S/C12H14FN5O/c13-8-3-4-11(14)10(6-8)12-15-16-17-18(12)7-9-2-1-5-19-9/h3-4,6,9H,1-2,5,7,14H2. The molecule has 2 N–H and O–H groups in total. The molecule has 1 aliphatic heterocycles. The smallest absolute Gasteiger partial charge is 0.184 e. The van der Waals surface area contributed by atoms with Crippen molar-refractivity contribution in [2.75, 3.05) is 12.3 Å². The lowest BCUT2D eigenvalue weighted by Crippen LogP contribution is -2.17. The Morgan fingerprint density at radius 3 is 3.16 bits per heavy atom. The summed E-state index contributed by atoms with van der Waals surface area (Å²) >= 11 is 0. The van der Waals surface area contributed by atoms with Crippen molar-refractivity contribution in [2.24, 2.45) is 0 Å². The Morgan fingerprint density at radius 1 is 1.47 bits per heavy atom. The molecule has 100 valence electrons. The van der Waals surface area contributed by atoms with Gasteiger partial charge >= 0.3 is 0 Å². The number of nitrogen functional groups attached to an aromatic ring is 1. The Kier molecular flexibility index (Phi) is 3.12. The highest BCUT2D eigenvalue weighted by Crippen LogP contribution is 2.25. The quantitative estimate of drug-likeness (QED) is 0.843. The second-order valence-corrected chi connectivity index (χ2v) is 4.55. The minimum Gasteiger partial charge on any atom is -0.398 e. The van der Waals surface area contributed by atoms with E-state index >= 15 is 0 Å². The fourth-order valence-electron chi connectivity index (χ4n) is 2.22. The van der Waals surface area contributed by atoms with Gasteiger partial charge < -0.3 is 10.5 Å². The molecule has 1 atom stereocenters. The van der Waals surface area contributed by atoms with E-state index in [1.54, 1.807) is 4.68 Å². The van der Waals surface area contributed by atoms with Crippen LogP contribution < -0.4 is 5.73 Å². The molecule has 1 saturated heterocycles. The predicted octanol–water partition coefficient (Wildman–Crippen LogP) is 1.24. The fourth-order valence-corrected chi connectivity index (χ4v) is 2.22. The van der Waals surface area contributed by atoms with E-state index in [9.17, 15) is 4.39 Å². The second kappa shape index (κ2) is 4.93. The number of aromatic nitrogens is 4. The van der Waals surface area contributed by atoms with E-state index in [0.29, 0.717) is 23.6 Å². The Labute approximate surface area is 109 Å². The van der Waals surface area contributed by atoms with E-state index in [1.165, 1.54) is 18.2 Å². The molecular formula is C12H14FN5O. The molecule has 0 aliphatic carbocycles. The van der Waals surface area contributed by atoms with Crippen molar-refractivity contribution in [1.82, 2.24) is 20.2 Å². The number of nitrogens with zero attached hydrogens (tertiary/aromatic N) is 4. The molecule has 0 radical (unpaired) electrons. The number of tetrazole rings is 1. The van der Waals surface area contributed by atoms with Gasteiger partial charge in [-0.15, -0.1) is 5.10 Å². The summed E-state index contributed by atoms with van der Waals surface area (Å²) in [4.78, 5) is 0. The van der Waals surface area contributed by atoms with Gasteiger partial charge in [-0.1, -0.05) is 0 Å². The highest BCUT2D eigenvalue weighted by molar-refractivity contribution is 5.71. The van der Waals surface area contributed by atoms with Crippen LogP contribution in [0.25, 0.3) is 11.4 Å². The second-order valence-electron chi connectivity index (χ2n) is 4.55. The predicted molar refractivity (Wildman–Crippen MR) is 66.6 cm³/mol. The summed E-state index contributed by atoms with van der Waals surface area (Å²) in [6.45, 7) is 1.32. The number of anilines is 1. The maximum Gasteiger partial charge on any atom is 0.184 e. The van der Waals surface area contributed by atoms with E-state index in [4.69, 9.17) is 10.5 Å². The van der Waals surface area contributed by atoms with Crippen molar-refractivity contribution in [3.05, 3.63) is 24.0 Å². The molecule has 0 bridgehead atoms. The normalized spacial score (nSPS) is 18.9. The topological polar surface area (TPSA) is 78.9 Å². The summed E-state index contributed by atoms with van der Waals surface area (Å²) in [5.41, 5.74) is 6.80. The molecule has 7 heteroatoms. The first-order valence-electron chi connectivity index (χ1n) is 6.17. The van der Waals surface area contributed by atoms with Crippen molar-refractivity contribution in [2.45, 2.75) is 25.5 Å². The van der Waals surface area contributed by atoms with Crippen LogP contribution in [-0.2, 0) is 11.3 Å². The molecule has 0 spiro atoms. The molecule has 1 unspecified atom stereocenters. The third-order valence-electron chi connectivity index (χ3n) is 3.19. The van der Waals surface area contributed by atoms with Crippen LogP contribution in [0.2, 0.25) is 0 Å².